The van der Waals surface area contributed by atoms with Gasteiger partial charge in [-0.05, 0) is 42.4 Å². The summed E-state index contributed by atoms with van der Waals surface area (Å²) in [6.45, 7) is 4.62. The highest BCUT2D eigenvalue weighted by Crippen LogP contribution is 2.61. The van der Waals surface area contributed by atoms with Crippen LogP contribution in [0.5, 0.6) is 0 Å². The van der Waals surface area contributed by atoms with Gasteiger partial charge in [0, 0.05) is 0 Å². The van der Waals surface area contributed by atoms with Gasteiger partial charge in [-0.15, -0.1) is 0 Å². The Morgan fingerprint density at radius 2 is 2.13 bits per heavy atom. The largest absolute Gasteiger partial charge is 0.468 e. The topological polar surface area (TPSA) is 52.3 Å². The van der Waals surface area contributed by atoms with Crippen LogP contribution in [0.25, 0.3) is 0 Å². The molecule has 0 radical (unpaired) electrons. The Balaban J connectivity index is 2.08. The highest BCUT2D eigenvalue weighted by Gasteiger charge is 2.56. The summed E-state index contributed by atoms with van der Waals surface area (Å²) in [4.78, 5) is 11.4. The third-order valence-electron chi connectivity index (χ3n) is 4.85. The second kappa shape index (κ2) is 3.48. The van der Waals surface area contributed by atoms with Gasteiger partial charge in [-0.2, -0.15) is 0 Å². The van der Waals surface area contributed by atoms with Crippen LogP contribution in [0.15, 0.2) is 0 Å². The summed E-state index contributed by atoms with van der Waals surface area (Å²) >= 11 is 0. The first-order chi connectivity index (χ1) is 6.98. The maximum absolute atomic E-state index is 11.4. The maximum Gasteiger partial charge on any atom is 0.322 e. The van der Waals surface area contributed by atoms with E-state index in [1.165, 1.54) is 20.0 Å². The number of methoxy groups -OCH3 is 1. The lowest BCUT2D eigenvalue weighted by Gasteiger charge is -2.60. The van der Waals surface area contributed by atoms with Crippen LogP contribution in [-0.2, 0) is 9.53 Å². The van der Waals surface area contributed by atoms with Crippen molar-refractivity contribution in [3.05, 3.63) is 0 Å². The number of hydrogen-bond acceptors (Lipinski definition) is 3. The lowest BCUT2D eigenvalue weighted by molar-refractivity contribution is -0.153. The molecule has 0 spiro atoms. The fraction of sp³-hybridized carbons (Fsp3) is 0.917. The Labute approximate surface area is 91.4 Å². The molecule has 2 bridgehead atoms. The smallest absolute Gasteiger partial charge is 0.322 e. The van der Waals surface area contributed by atoms with E-state index in [0.717, 1.165) is 12.3 Å². The first kappa shape index (κ1) is 10.9. The van der Waals surface area contributed by atoms with E-state index in [1.807, 2.05) is 0 Å². The van der Waals surface area contributed by atoms with Crippen molar-refractivity contribution in [3.63, 3.8) is 0 Å². The van der Waals surface area contributed by atoms with Gasteiger partial charge in [0.1, 0.15) is 6.04 Å². The number of ether oxygens (including phenoxy) is 1. The molecule has 3 rings (SSSR count). The van der Waals surface area contributed by atoms with Crippen molar-refractivity contribution in [1.29, 1.82) is 0 Å². The van der Waals surface area contributed by atoms with Gasteiger partial charge >= 0.3 is 5.97 Å². The average Bonchev–Trinajstić information content (AvgIpc) is 2.26. The fourth-order valence-electron chi connectivity index (χ4n) is 3.61. The van der Waals surface area contributed by atoms with E-state index in [0.29, 0.717) is 17.3 Å². The van der Waals surface area contributed by atoms with Gasteiger partial charge in [0.2, 0.25) is 0 Å². The van der Waals surface area contributed by atoms with E-state index in [9.17, 15) is 4.79 Å². The molecule has 0 saturated heterocycles. The van der Waals surface area contributed by atoms with Gasteiger partial charge < -0.3 is 10.5 Å². The van der Waals surface area contributed by atoms with Crippen LogP contribution in [0.2, 0.25) is 0 Å². The standard InChI is InChI=1S/C12H21NO2/c1-12(2)7-4-5-8(9(12)6-7)10(13)11(14)15-3/h7-10H,4-6,13H2,1-3H3. The van der Waals surface area contributed by atoms with Gasteiger partial charge in [0.05, 0.1) is 7.11 Å². The summed E-state index contributed by atoms with van der Waals surface area (Å²) < 4.78 is 4.74. The average molecular weight is 211 g/mol. The van der Waals surface area contributed by atoms with Crippen LogP contribution >= 0.6 is 0 Å². The highest BCUT2D eigenvalue weighted by molar-refractivity contribution is 5.75. The molecule has 86 valence electrons. The van der Waals surface area contributed by atoms with Gasteiger partial charge in [0.15, 0.2) is 0 Å². The number of rotatable bonds is 2. The monoisotopic (exact) mass is 211 g/mol. The third kappa shape index (κ3) is 1.48. The minimum atomic E-state index is -0.416. The van der Waals surface area contributed by atoms with Crippen LogP contribution in [0.1, 0.15) is 33.1 Å². The number of esters is 1. The van der Waals surface area contributed by atoms with E-state index in [-0.39, 0.29) is 5.97 Å². The Morgan fingerprint density at radius 1 is 1.47 bits per heavy atom. The molecule has 3 aliphatic rings. The first-order valence-corrected chi connectivity index (χ1v) is 5.82. The zero-order valence-electron chi connectivity index (χ0n) is 9.82. The lowest BCUT2D eigenvalue weighted by Crippen LogP contribution is -2.58. The van der Waals surface area contributed by atoms with E-state index in [1.54, 1.807) is 0 Å². The Hall–Kier alpha value is -0.570. The molecule has 15 heavy (non-hydrogen) atoms. The van der Waals surface area contributed by atoms with E-state index in [2.05, 4.69) is 13.8 Å². The number of fused-ring (bicyclic) bond motifs is 2. The quantitative estimate of drug-likeness (QED) is 0.705. The molecule has 3 fully saturated rings. The Morgan fingerprint density at radius 3 is 2.60 bits per heavy atom. The third-order valence-corrected chi connectivity index (χ3v) is 4.85. The second-order valence-electron chi connectivity index (χ2n) is 5.65. The minimum Gasteiger partial charge on any atom is -0.468 e. The van der Waals surface area contributed by atoms with Crippen molar-refractivity contribution in [3.8, 4) is 0 Å². The predicted molar refractivity (Wildman–Crippen MR) is 58.1 cm³/mol. The normalized spacial score (nSPS) is 39.1. The van der Waals surface area contributed by atoms with Crippen molar-refractivity contribution < 1.29 is 9.53 Å². The number of nitrogens with two attached hydrogens (primary N) is 1. The molecular weight excluding hydrogens is 190 g/mol. The maximum atomic E-state index is 11.4. The van der Waals surface area contributed by atoms with Crippen molar-refractivity contribution in [2.45, 2.75) is 39.2 Å². The van der Waals surface area contributed by atoms with Crippen LogP contribution in [-0.4, -0.2) is 19.1 Å². The molecule has 2 N–H and O–H groups in total. The van der Waals surface area contributed by atoms with E-state index in [4.69, 9.17) is 10.5 Å². The van der Waals surface area contributed by atoms with Crippen molar-refractivity contribution >= 4 is 5.97 Å². The van der Waals surface area contributed by atoms with Gasteiger partial charge in [-0.25, -0.2) is 0 Å². The SMILES string of the molecule is COC(=O)C(N)C1CCC2CC1C2(C)C. The van der Waals surface area contributed by atoms with Crippen molar-refractivity contribution in [1.82, 2.24) is 0 Å². The number of hydrogen-bond donors (Lipinski definition) is 1. The molecule has 4 unspecified atom stereocenters. The Kier molecular flexibility index (Phi) is 2.53. The summed E-state index contributed by atoms with van der Waals surface area (Å²) in [5, 5.41) is 0. The molecule has 0 heterocycles. The zero-order chi connectivity index (χ0) is 11.2. The van der Waals surface area contributed by atoms with Crippen LogP contribution < -0.4 is 5.73 Å². The molecule has 0 aromatic rings. The molecular formula is C12H21NO2. The van der Waals surface area contributed by atoms with E-state index >= 15 is 0 Å². The first-order valence-electron chi connectivity index (χ1n) is 5.82. The molecule has 3 aliphatic carbocycles. The molecule has 3 nitrogen and oxygen atoms in total. The zero-order valence-corrected chi connectivity index (χ0v) is 9.82. The summed E-state index contributed by atoms with van der Waals surface area (Å²) in [5.41, 5.74) is 6.35. The molecule has 0 aromatic heterocycles. The van der Waals surface area contributed by atoms with Crippen LogP contribution in [0.3, 0.4) is 0 Å². The van der Waals surface area contributed by atoms with E-state index < -0.39 is 6.04 Å². The molecule has 0 aliphatic heterocycles. The van der Waals surface area contributed by atoms with Crippen LogP contribution in [0.4, 0.5) is 0 Å². The molecule has 4 atom stereocenters. The van der Waals surface area contributed by atoms with Crippen LogP contribution in [0, 0.1) is 23.2 Å². The predicted octanol–water partition coefficient (Wildman–Crippen LogP) is 1.56. The Bertz CT molecular complexity index is 273. The summed E-state index contributed by atoms with van der Waals surface area (Å²) in [7, 11) is 1.42. The van der Waals surface area contributed by atoms with Crippen molar-refractivity contribution in [2.75, 3.05) is 7.11 Å². The molecule has 0 aromatic carbocycles. The number of carbonyl (C=O) groups is 1. The molecule has 3 saturated carbocycles. The van der Waals surface area contributed by atoms with Gasteiger partial charge in [-0.1, -0.05) is 13.8 Å². The second-order valence-corrected chi connectivity index (χ2v) is 5.65. The highest BCUT2D eigenvalue weighted by atomic mass is 16.5. The minimum absolute atomic E-state index is 0.249. The summed E-state index contributed by atoms with van der Waals surface area (Å²) in [5.74, 6) is 1.55. The molecule has 0 amide bonds. The lowest BCUT2D eigenvalue weighted by atomic mass is 9.45. The summed E-state index contributed by atoms with van der Waals surface area (Å²) in [6, 6.07) is -0.416. The van der Waals surface area contributed by atoms with Gasteiger partial charge in [-0.3, -0.25) is 4.79 Å². The van der Waals surface area contributed by atoms with Crippen molar-refractivity contribution in [2.24, 2.45) is 28.9 Å². The number of carbonyl (C=O) groups excluding carboxylic acids is 1. The summed E-state index contributed by atoms with van der Waals surface area (Å²) in [6.07, 6.45) is 3.57. The molecule has 3 heteroatoms. The fourth-order valence-corrected chi connectivity index (χ4v) is 3.61. The van der Waals surface area contributed by atoms with Gasteiger partial charge in [0.25, 0.3) is 0 Å².